The molecule has 3 rings (SSSR count). The van der Waals surface area contributed by atoms with E-state index in [-0.39, 0.29) is 0 Å². The predicted molar refractivity (Wildman–Crippen MR) is 79.2 cm³/mol. The lowest BCUT2D eigenvalue weighted by Crippen LogP contribution is -2.14. The summed E-state index contributed by atoms with van der Waals surface area (Å²) in [6.45, 7) is 4.06. The SMILES string of the molecule is Cc1cc(-c2nn(C)c(C)c2CC2CCC2)nc(N)n1. The standard InChI is InChI=1S/C15H21N5/c1-9-7-13(18-15(16)17-9)14-12(8-11-5-4-6-11)10(2)20(3)19-14/h7,11H,4-6,8H2,1-3H3,(H2,16,17,18). The molecule has 0 bridgehead atoms. The van der Waals surface area contributed by atoms with Crippen molar-refractivity contribution in [3.05, 3.63) is 23.0 Å². The Morgan fingerprint density at radius 3 is 2.65 bits per heavy atom. The zero-order valence-corrected chi connectivity index (χ0v) is 12.3. The minimum absolute atomic E-state index is 0.318. The Kier molecular flexibility index (Phi) is 3.20. The molecule has 20 heavy (non-hydrogen) atoms. The summed E-state index contributed by atoms with van der Waals surface area (Å²) in [6.07, 6.45) is 5.12. The van der Waals surface area contributed by atoms with E-state index in [1.54, 1.807) is 0 Å². The molecule has 0 spiro atoms. The molecule has 2 heterocycles. The van der Waals surface area contributed by atoms with E-state index in [2.05, 4.69) is 22.0 Å². The van der Waals surface area contributed by atoms with E-state index in [1.807, 2.05) is 24.7 Å². The van der Waals surface area contributed by atoms with Crippen LogP contribution in [0.3, 0.4) is 0 Å². The quantitative estimate of drug-likeness (QED) is 0.930. The third-order valence-electron chi connectivity index (χ3n) is 4.29. The van der Waals surface area contributed by atoms with Gasteiger partial charge in [-0.3, -0.25) is 4.68 Å². The molecular formula is C15H21N5. The van der Waals surface area contributed by atoms with E-state index >= 15 is 0 Å². The van der Waals surface area contributed by atoms with Crippen LogP contribution in [-0.4, -0.2) is 19.7 Å². The van der Waals surface area contributed by atoms with Gasteiger partial charge in [-0.25, -0.2) is 9.97 Å². The normalized spacial score (nSPS) is 15.3. The lowest BCUT2D eigenvalue weighted by molar-refractivity contribution is 0.314. The van der Waals surface area contributed by atoms with Crippen LogP contribution in [0.25, 0.3) is 11.4 Å². The number of nitrogens with two attached hydrogens (primary N) is 1. The maximum atomic E-state index is 5.77. The first-order chi connectivity index (χ1) is 9.54. The molecule has 2 aromatic heterocycles. The highest BCUT2D eigenvalue weighted by Crippen LogP contribution is 2.34. The highest BCUT2D eigenvalue weighted by Gasteiger charge is 2.24. The number of nitrogens with zero attached hydrogens (tertiary/aromatic N) is 4. The van der Waals surface area contributed by atoms with Crippen molar-refractivity contribution in [2.75, 3.05) is 5.73 Å². The van der Waals surface area contributed by atoms with Crippen molar-refractivity contribution >= 4 is 5.95 Å². The van der Waals surface area contributed by atoms with Gasteiger partial charge < -0.3 is 5.73 Å². The molecule has 0 amide bonds. The van der Waals surface area contributed by atoms with Crippen molar-refractivity contribution < 1.29 is 0 Å². The molecule has 5 heteroatoms. The van der Waals surface area contributed by atoms with Gasteiger partial charge >= 0.3 is 0 Å². The molecule has 1 aliphatic rings. The molecule has 1 aliphatic carbocycles. The maximum Gasteiger partial charge on any atom is 0.220 e. The molecule has 0 unspecified atom stereocenters. The number of anilines is 1. The smallest absolute Gasteiger partial charge is 0.220 e. The summed E-state index contributed by atoms with van der Waals surface area (Å²) in [5.74, 6) is 1.12. The van der Waals surface area contributed by atoms with Gasteiger partial charge in [0.25, 0.3) is 0 Å². The van der Waals surface area contributed by atoms with E-state index in [1.165, 1.54) is 30.5 Å². The Bertz CT molecular complexity index is 620. The van der Waals surface area contributed by atoms with Gasteiger partial charge in [-0.2, -0.15) is 5.10 Å². The highest BCUT2D eigenvalue weighted by atomic mass is 15.3. The average molecular weight is 271 g/mol. The van der Waals surface area contributed by atoms with E-state index in [0.29, 0.717) is 5.95 Å². The molecule has 1 saturated carbocycles. The second-order valence-corrected chi connectivity index (χ2v) is 5.79. The summed E-state index contributed by atoms with van der Waals surface area (Å²) in [5.41, 5.74) is 11.0. The van der Waals surface area contributed by atoms with E-state index in [9.17, 15) is 0 Å². The fraction of sp³-hybridized carbons (Fsp3) is 0.533. The molecular weight excluding hydrogens is 250 g/mol. The fourth-order valence-electron chi connectivity index (χ4n) is 2.80. The van der Waals surface area contributed by atoms with Crippen molar-refractivity contribution in [1.29, 1.82) is 0 Å². The largest absolute Gasteiger partial charge is 0.368 e. The Labute approximate surface area is 119 Å². The van der Waals surface area contributed by atoms with Crippen LogP contribution in [0.2, 0.25) is 0 Å². The van der Waals surface area contributed by atoms with Crippen molar-refractivity contribution in [3.63, 3.8) is 0 Å². The van der Waals surface area contributed by atoms with Gasteiger partial charge in [-0.1, -0.05) is 19.3 Å². The molecule has 2 aromatic rings. The van der Waals surface area contributed by atoms with Gasteiger partial charge in [-0.15, -0.1) is 0 Å². The summed E-state index contributed by atoms with van der Waals surface area (Å²) in [5, 5.41) is 4.64. The molecule has 0 atom stereocenters. The van der Waals surface area contributed by atoms with Crippen LogP contribution in [-0.2, 0) is 13.5 Å². The number of aryl methyl sites for hydroxylation is 2. The highest BCUT2D eigenvalue weighted by molar-refractivity contribution is 5.61. The van der Waals surface area contributed by atoms with Gasteiger partial charge in [0.1, 0.15) is 5.69 Å². The Hall–Kier alpha value is -1.91. The Balaban J connectivity index is 2.05. The van der Waals surface area contributed by atoms with Crippen molar-refractivity contribution in [3.8, 4) is 11.4 Å². The molecule has 1 fully saturated rings. The number of hydrogen-bond acceptors (Lipinski definition) is 4. The molecule has 106 valence electrons. The van der Waals surface area contributed by atoms with Crippen molar-refractivity contribution in [1.82, 2.24) is 19.7 Å². The molecule has 0 radical (unpaired) electrons. The molecule has 0 saturated heterocycles. The van der Waals surface area contributed by atoms with E-state index < -0.39 is 0 Å². The second kappa shape index (κ2) is 4.89. The van der Waals surface area contributed by atoms with Crippen LogP contribution in [0.5, 0.6) is 0 Å². The minimum atomic E-state index is 0.318. The third kappa shape index (κ3) is 2.28. The first kappa shape index (κ1) is 13.1. The Morgan fingerprint density at radius 2 is 2.05 bits per heavy atom. The Morgan fingerprint density at radius 1 is 1.30 bits per heavy atom. The first-order valence-electron chi connectivity index (χ1n) is 7.18. The van der Waals surface area contributed by atoms with Crippen LogP contribution < -0.4 is 5.73 Å². The topological polar surface area (TPSA) is 69.6 Å². The summed E-state index contributed by atoms with van der Waals surface area (Å²) in [6, 6.07) is 1.96. The molecule has 2 N–H and O–H groups in total. The number of hydrogen-bond donors (Lipinski definition) is 1. The van der Waals surface area contributed by atoms with Crippen LogP contribution in [0, 0.1) is 19.8 Å². The van der Waals surface area contributed by atoms with Crippen LogP contribution in [0.15, 0.2) is 6.07 Å². The fourth-order valence-corrected chi connectivity index (χ4v) is 2.80. The average Bonchev–Trinajstić information content (AvgIpc) is 2.60. The van der Waals surface area contributed by atoms with Crippen LogP contribution in [0.1, 0.15) is 36.2 Å². The van der Waals surface area contributed by atoms with Gasteiger partial charge in [-0.05, 0) is 32.3 Å². The van der Waals surface area contributed by atoms with Gasteiger partial charge in [0.05, 0.1) is 5.69 Å². The number of rotatable bonds is 3. The third-order valence-corrected chi connectivity index (χ3v) is 4.29. The molecule has 5 nitrogen and oxygen atoms in total. The molecule has 0 aromatic carbocycles. The molecule has 0 aliphatic heterocycles. The predicted octanol–water partition coefficient (Wildman–Crippen LogP) is 2.42. The van der Waals surface area contributed by atoms with E-state index in [0.717, 1.165) is 29.4 Å². The lowest BCUT2D eigenvalue weighted by Gasteiger charge is -2.25. The van der Waals surface area contributed by atoms with Crippen LogP contribution in [0.4, 0.5) is 5.95 Å². The van der Waals surface area contributed by atoms with Crippen molar-refractivity contribution in [2.45, 2.75) is 39.5 Å². The van der Waals surface area contributed by atoms with Gasteiger partial charge in [0.2, 0.25) is 5.95 Å². The summed E-state index contributed by atoms with van der Waals surface area (Å²) in [7, 11) is 1.99. The summed E-state index contributed by atoms with van der Waals surface area (Å²) < 4.78 is 1.94. The van der Waals surface area contributed by atoms with Gasteiger partial charge in [0.15, 0.2) is 0 Å². The zero-order chi connectivity index (χ0) is 14.3. The maximum absolute atomic E-state index is 5.77. The van der Waals surface area contributed by atoms with Gasteiger partial charge in [0, 0.05) is 24.0 Å². The number of nitrogen functional groups attached to an aromatic ring is 1. The van der Waals surface area contributed by atoms with Crippen LogP contribution >= 0.6 is 0 Å². The van der Waals surface area contributed by atoms with E-state index in [4.69, 9.17) is 5.73 Å². The minimum Gasteiger partial charge on any atom is -0.368 e. The monoisotopic (exact) mass is 271 g/mol. The lowest BCUT2D eigenvalue weighted by atomic mass is 9.80. The van der Waals surface area contributed by atoms with Crippen molar-refractivity contribution in [2.24, 2.45) is 13.0 Å². The summed E-state index contributed by atoms with van der Waals surface area (Å²) in [4.78, 5) is 8.50. The number of aromatic nitrogens is 4. The second-order valence-electron chi connectivity index (χ2n) is 5.79. The summed E-state index contributed by atoms with van der Waals surface area (Å²) >= 11 is 0. The zero-order valence-electron chi connectivity index (χ0n) is 12.3. The first-order valence-corrected chi connectivity index (χ1v) is 7.18.